The van der Waals surface area contributed by atoms with Crippen LogP contribution in [-0.4, -0.2) is 29.9 Å². The predicted molar refractivity (Wildman–Crippen MR) is 86.9 cm³/mol. The van der Waals surface area contributed by atoms with Gasteiger partial charge in [-0.15, -0.1) is 0 Å². The summed E-state index contributed by atoms with van der Waals surface area (Å²) in [5.74, 6) is -0.951. The number of ether oxygens (including phenoxy) is 2. The van der Waals surface area contributed by atoms with Crippen molar-refractivity contribution in [3.63, 3.8) is 0 Å². The number of fused-ring (bicyclic) bond motifs is 3. The highest BCUT2D eigenvalue weighted by molar-refractivity contribution is 6.00. The molecule has 1 aliphatic heterocycles. The lowest BCUT2D eigenvalue weighted by molar-refractivity contribution is -0.158. The quantitative estimate of drug-likeness (QED) is 0.451. The van der Waals surface area contributed by atoms with E-state index >= 15 is 0 Å². The van der Waals surface area contributed by atoms with Crippen molar-refractivity contribution in [2.75, 3.05) is 0 Å². The lowest BCUT2D eigenvalue weighted by atomic mass is 9.71. The molecule has 0 unspecified atom stereocenters. The maximum absolute atomic E-state index is 13.1. The van der Waals surface area contributed by atoms with Crippen molar-refractivity contribution in [3.05, 3.63) is 23.8 Å². The van der Waals surface area contributed by atoms with Gasteiger partial charge < -0.3 is 9.47 Å². The normalized spacial score (nSPS) is 38.1. The van der Waals surface area contributed by atoms with Crippen LogP contribution in [0.2, 0.25) is 0 Å². The summed E-state index contributed by atoms with van der Waals surface area (Å²) in [5.41, 5.74) is 0.443. The maximum atomic E-state index is 13.1. The highest BCUT2D eigenvalue weighted by Crippen LogP contribution is 2.54. The van der Waals surface area contributed by atoms with Gasteiger partial charge in [0.05, 0.1) is 5.41 Å². The molecular weight excluding hydrogens is 308 g/mol. The van der Waals surface area contributed by atoms with E-state index in [9.17, 15) is 14.4 Å². The first-order valence-electron chi connectivity index (χ1n) is 8.66. The second kappa shape index (κ2) is 5.87. The van der Waals surface area contributed by atoms with Gasteiger partial charge in [-0.2, -0.15) is 0 Å². The summed E-state index contributed by atoms with van der Waals surface area (Å²) in [6.45, 7) is 9.63. The molecule has 1 heterocycles. The van der Waals surface area contributed by atoms with Gasteiger partial charge in [-0.1, -0.05) is 26.0 Å². The van der Waals surface area contributed by atoms with Crippen molar-refractivity contribution >= 4 is 17.7 Å². The molecule has 0 amide bonds. The van der Waals surface area contributed by atoms with Crippen LogP contribution in [0.15, 0.2) is 23.8 Å². The molecule has 0 aromatic heterocycles. The molecule has 0 bridgehead atoms. The molecule has 3 aliphatic rings. The molecule has 0 spiro atoms. The van der Waals surface area contributed by atoms with E-state index in [1.54, 1.807) is 6.08 Å². The molecule has 2 aliphatic carbocycles. The van der Waals surface area contributed by atoms with Gasteiger partial charge in [0.1, 0.15) is 6.10 Å². The Bertz CT molecular complexity index is 646. The van der Waals surface area contributed by atoms with E-state index in [4.69, 9.17) is 9.47 Å². The topological polar surface area (TPSA) is 69.7 Å². The van der Waals surface area contributed by atoms with E-state index in [0.29, 0.717) is 12.0 Å². The maximum Gasteiger partial charge on any atom is 0.334 e. The van der Waals surface area contributed by atoms with Crippen molar-refractivity contribution in [1.29, 1.82) is 0 Å². The van der Waals surface area contributed by atoms with Crippen LogP contribution in [0.5, 0.6) is 0 Å². The van der Waals surface area contributed by atoms with Gasteiger partial charge in [0.2, 0.25) is 0 Å². The van der Waals surface area contributed by atoms with Crippen LogP contribution in [-0.2, 0) is 23.9 Å². The number of ketones is 1. The monoisotopic (exact) mass is 332 g/mol. The average Bonchev–Trinajstić information content (AvgIpc) is 2.92. The summed E-state index contributed by atoms with van der Waals surface area (Å²) in [7, 11) is 0. The second-order valence-electron chi connectivity index (χ2n) is 7.29. The molecule has 0 aromatic carbocycles. The zero-order valence-corrected chi connectivity index (χ0v) is 14.5. The van der Waals surface area contributed by atoms with E-state index in [1.165, 1.54) is 0 Å². The molecule has 1 saturated carbocycles. The number of carbonyl (C=O) groups is 3. The Morgan fingerprint density at radius 1 is 1.42 bits per heavy atom. The van der Waals surface area contributed by atoms with Crippen LogP contribution < -0.4 is 0 Å². The van der Waals surface area contributed by atoms with Gasteiger partial charge in [0.25, 0.3) is 0 Å². The summed E-state index contributed by atoms with van der Waals surface area (Å²) < 4.78 is 10.9. The van der Waals surface area contributed by atoms with E-state index in [1.807, 2.05) is 13.8 Å². The minimum absolute atomic E-state index is 0.148. The van der Waals surface area contributed by atoms with E-state index in [-0.39, 0.29) is 30.0 Å². The van der Waals surface area contributed by atoms with Crippen molar-refractivity contribution in [2.45, 2.75) is 58.7 Å². The van der Waals surface area contributed by atoms with Crippen molar-refractivity contribution in [3.8, 4) is 0 Å². The first-order valence-corrected chi connectivity index (χ1v) is 8.66. The van der Waals surface area contributed by atoms with Crippen LogP contribution in [0, 0.1) is 17.3 Å². The van der Waals surface area contributed by atoms with Gasteiger partial charge >= 0.3 is 11.9 Å². The molecule has 24 heavy (non-hydrogen) atoms. The summed E-state index contributed by atoms with van der Waals surface area (Å²) in [6.07, 6.45) is 2.94. The van der Waals surface area contributed by atoms with Gasteiger partial charge in [-0.25, -0.2) is 4.79 Å². The summed E-state index contributed by atoms with van der Waals surface area (Å²) in [5, 5.41) is 0. The molecule has 5 atom stereocenters. The van der Waals surface area contributed by atoms with Crippen molar-refractivity contribution < 1.29 is 23.9 Å². The molecule has 130 valence electrons. The van der Waals surface area contributed by atoms with E-state index in [2.05, 4.69) is 13.5 Å². The third-order valence-corrected chi connectivity index (χ3v) is 5.73. The summed E-state index contributed by atoms with van der Waals surface area (Å²) in [4.78, 5) is 36.9. The number of esters is 2. The van der Waals surface area contributed by atoms with Crippen LogP contribution in [0.4, 0.5) is 0 Å². The molecular formula is C19H24O5. The third kappa shape index (κ3) is 2.33. The zero-order chi connectivity index (χ0) is 17.6. The Kier molecular flexibility index (Phi) is 4.14. The molecule has 1 saturated heterocycles. The van der Waals surface area contributed by atoms with Crippen molar-refractivity contribution in [1.82, 2.24) is 0 Å². The highest BCUT2D eigenvalue weighted by atomic mass is 16.6. The molecule has 2 fully saturated rings. The molecule has 5 nitrogen and oxygen atoms in total. The molecule has 0 radical (unpaired) electrons. The van der Waals surface area contributed by atoms with Crippen LogP contribution in [0.25, 0.3) is 0 Å². The first-order chi connectivity index (χ1) is 11.3. The van der Waals surface area contributed by atoms with Crippen LogP contribution >= 0.6 is 0 Å². The predicted octanol–water partition coefficient (Wildman–Crippen LogP) is 2.74. The Morgan fingerprint density at radius 3 is 2.79 bits per heavy atom. The SMILES string of the molecule is C=C1C(=O)O[C@@H]2[C@H]1CC[C@H](C)C1=C[C@H](OC(=O)CCC)C(=O)[C@]12C. The largest absolute Gasteiger partial charge is 0.457 e. The first kappa shape index (κ1) is 16.9. The van der Waals surface area contributed by atoms with Crippen molar-refractivity contribution in [2.24, 2.45) is 17.3 Å². The number of hydrogen-bond acceptors (Lipinski definition) is 5. The molecule has 3 rings (SSSR count). The fourth-order valence-electron chi connectivity index (χ4n) is 4.36. The standard InChI is InChI=1S/C19H24O5/c1-5-6-15(20)23-14-9-13-10(2)7-8-12-11(3)18(22)24-17(12)19(13,4)16(14)21/h9-10,12,14,17H,3,5-8H2,1-2,4H3/t10-,12-,14-,17+,19-/m0/s1. The molecule has 0 N–H and O–H groups in total. The smallest absolute Gasteiger partial charge is 0.334 e. The average molecular weight is 332 g/mol. The minimum atomic E-state index is -0.938. The van der Waals surface area contributed by atoms with Crippen LogP contribution in [0.1, 0.15) is 46.5 Å². The fraction of sp³-hybridized carbons (Fsp3) is 0.632. The number of hydrogen-bond donors (Lipinski definition) is 0. The Morgan fingerprint density at radius 2 is 2.12 bits per heavy atom. The van der Waals surface area contributed by atoms with Gasteiger partial charge in [-0.3, -0.25) is 9.59 Å². The Balaban J connectivity index is 1.96. The Labute approximate surface area is 142 Å². The lowest BCUT2D eigenvalue weighted by Crippen LogP contribution is -2.45. The summed E-state index contributed by atoms with van der Waals surface area (Å²) >= 11 is 0. The Hall–Kier alpha value is -1.91. The van der Waals surface area contributed by atoms with Gasteiger partial charge in [0.15, 0.2) is 11.9 Å². The number of carbonyl (C=O) groups excluding carboxylic acids is 3. The van der Waals surface area contributed by atoms with Gasteiger partial charge in [0, 0.05) is 17.9 Å². The van der Waals surface area contributed by atoms with Crippen LogP contribution in [0.3, 0.4) is 0 Å². The van der Waals surface area contributed by atoms with E-state index < -0.39 is 23.6 Å². The summed E-state index contributed by atoms with van der Waals surface area (Å²) in [6, 6.07) is 0. The van der Waals surface area contributed by atoms with E-state index in [0.717, 1.165) is 18.4 Å². The molecule has 5 heteroatoms. The zero-order valence-electron chi connectivity index (χ0n) is 14.5. The lowest BCUT2D eigenvalue weighted by Gasteiger charge is -2.34. The second-order valence-corrected chi connectivity index (χ2v) is 7.29. The molecule has 0 aromatic rings. The van der Waals surface area contributed by atoms with Gasteiger partial charge in [-0.05, 0) is 38.2 Å². The highest BCUT2D eigenvalue weighted by Gasteiger charge is 2.61. The fourth-order valence-corrected chi connectivity index (χ4v) is 4.36. The number of Topliss-reactive ketones (excluding diaryl/α,β-unsaturated/α-hetero) is 1. The third-order valence-electron chi connectivity index (χ3n) is 5.73. The number of rotatable bonds is 3. The minimum Gasteiger partial charge on any atom is -0.457 e.